The first-order valence-electron chi connectivity index (χ1n) is 6.51. The number of hydrogen-bond acceptors (Lipinski definition) is 3. The fourth-order valence-corrected chi connectivity index (χ4v) is 2.37. The van der Waals surface area contributed by atoms with Crippen LogP contribution in [-0.4, -0.2) is 26.0 Å². The van der Waals surface area contributed by atoms with Crippen molar-refractivity contribution >= 4 is 0 Å². The highest BCUT2D eigenvalue weighted by Gasteiger charge is 2.16. The number of pyridine rings is 1. The maximum absolute atomic E-state index is 4.45. The van der Waals surface area contributed by atoms with E-state index >= 15 is 0 Å². The van der Waals surface area contributed by atoms with Gasteiger partial charge in [-0.05, 0) is 18.1 Å². The zero-order valence-corrected chi connectivity index (χ0v) is 10.7. The Morgan fingerprint density at radius 3 is 2.94 bits per heavy atom. The van der Waals surface area contributed by atoms with Gasteiger partial charge in [0.2, 0.25) is 0 Å². The summed E-state index contributed by atoms with van der Waals surface area (Å²) in [4.78, 5) is 11.3. The second kappa shape index (κ2) is 4.90. The summed E-state index contributed by atoms with van der Waals surface area (Å²) >= 11 is 0. The third-order valence-corrected chi connectivity index (χ3v) is 3.48. The minimum Gasteiger partial charge on any atom is -0.333 e. The van der Waals surface area contributed by atoms with Gasteiger partial charge in [0.15, 0.2) is 0 Å². The van der Waals surface area contributed by atoms with Crippen molar-refractivity contribution in [1.82, 2.24) is 19.4 Å². The van der Waals surface area contributed by atoms with Crippen LogP contribution in [0.2, 0.25) is 0 Å². The zero-order chi connectivity index (χ0) is 12.4. The van der Waals surface area contributed by atoms with Crippen LogP contribution in [0.25, 0.3) is 0 Å². The average Bonchev–Trinajstić information content (AvgIpc) is 2.87. The summed E-state index contributed by atoms with van der Waals surface area (Å²) in [7, 11) is 0. The van der Waals surface area contributed by atoms with Crippen molar-refractivity contribution < 1.29 is 0 Å². The Bertz CT molecular complexity index is 515. The van der Waals surface area contributed by atoms with Gasteiger partial charge in [0.1, 0.15) is 5.82 Å². The number of aromatic nitrogens is 3. The summed E-state index contributed by atoms with van der Waals surface area (Å²) in [5.41, 5.74) is 2.44. The quantitative estimate of drug-likeness (QED) is 0.824. The molecule has 2 aromatic rings. The maximum atomic E-state index is 4.45. The Kier molecular flexibility index (Phi) is 3.11. The highest BCUT2D eigenvalue weighted by Crippen LogP contribution is 2.13. The van der Waals surface area contributed by atoms with Crippen LogP contribution >= 0.6 is 0 Å². The Labute approximate surface area is 107 Å². The van der Waals surface area contributed by atoms with Gasteiger partial charge in [0.25, 0.3) is 0 Å². The van der Waals surface area contributed by atoms with E-state index in [4.69, 9.17) is 0 Å². The van der Waals surface area contributed by atoms with Crippen LogP contribution in [0.5, 0.6) is 0 Å². The van der Waals surface area contributed by atoms with Crippen LogP contribution in [0.3, 0.4) is 0 Å². The molecule has 0 saturated carbocycles. The number of rotatable bonds is 3. The molecule has 4 nitrogen and oxygen atoms in total. The van der Waals surface area contributed by atoms with Crippen LogP contribution in [0, 0.1) is 0 Å². The predicted octanol–water partition coefficient (Wildman–Crippen LogP) is 1.86. The van der Waals surface area contributed by atoms with Crippen molar-refractivity contribution in [1.29, 1.82) is 0 Å². The van der Waals surface area contributed by atoms with Crippen molar-refractivity contribution in [2.45, 2.75) is 33.0 Å². The molecular weight excluding hydrogens is 224 g/mol. The number of hydrogen-bond donors (Lipinski definition) is 0. The van der Waals surface area contributed by atoms with Gasteiger partial charge in [-0.25, -0.2) is 4.98 Å². The molecule has 18 heavy (non-hydrogen) atoms. The SMILES string of the molecule is CCc1ccc(CN2CCn3ccnc3C2)cn1. The second-order valence-electron chi connectivity index (χ2n) is 4.76. The molecule has 0 amide bonds. The number of fused-ring (bicyclic) bond motifs is 1. The van der Waals surface area contributed by atoms with E-state index in [0.29, 0.717) is 0 Å². The largest absolute Gasteiger partial charge is 0.333 e. The minimum absolute atomic E-state index is 0.933. The van der Waals surface area contributed by atoms with Crippen LogP contribution < -0.4 is 0 Å². The molecule has 2 aromatic heterocycles. The Morgan fingerprint density at radius 2 is 2.17 bits per heavy atom. The molecule has 0 radical (unpaired) electrons. The first-order valence-corrected chi connectivity index (χ1v) is 6.51. The average molecular weight is 242 g/mol. The molecule has 3 heterocycles. The van der Waals surface area contributed by atoms with E-state index in [1.54, 1.807) is 0 Å². The third-order valence-electron chi connectivity index (χ3n) is 3.48. The molecule has 0 aliphatic carbocycles. The van der Waals surface area contributed by atoms with Crippen LogP contribution in [-0.2, 0) is 26.1 Å². The van der Waals surface area contributed by atoms with Crippen molar-refractivity contribution in [2.75, 3.05) is 6.54 Å². The predicted molar refractivity (Wildman–Crippen MR) is 70.0 cm³/mol. The molecule has 0 bridgehead atoms. The lowest BCUT2D eigenvalue weighted by molar-refractivity contribution is 0.208. The van der Waals surface area contributed by atoms with Crippen LogP contribution in [0.4, 0.5) is 0 Å². The van der Waals surface area contributed by atoms with Crippen LogP contribution in [0.15, 0.2) is 30.7 Å². The van der Waals surface area contributed by atoms with Gasteiger partial charge in [-0.1, -0.05) is 13.0 Å². The van der Waals surface area contributed by atoms with Crippen molar-refractivity contribution in [3.05, 3.63) is 47.8 Å². The van der Waals surface area contributed by atoms with Gasteiger partial charge < -0.3 is 4.57 Å². The first kappa shape index (κ1) is 11.4. The highest BCUT2D eigenvalue weighted by atomic mass is 15.2. The molecule has 1 aliphatic rings. The lowest BCUT2D eigenvalue weighted by Crippen LogP contribution is -2.33. The third kappa shape index (κ3) is 2.29. The summed E-state index contributed by atoms with van der Waals surface area (Å²) in [5.74, 6) is 1.17. The number of nitrogens with zero attached hydrogens (tertiary/aromatic N) is 4. The molecular formula is C14H18N4. The van der Waals surface area contributed by atoms with Gasteiger partial charge in [0, 0.05) is 43.9 Å². The zero-order valence-electron chi connectivity index (χ0n) is 10.7. The monoisotopic (exact) mass is 242 g/mol. The molecule has 0 N–H and O–H groups in total. The van der Waals surface area contributed by atoms with Gasteiger partial charge in [-0.15, -0.1) is 0 Å². The van der Waals surface area contributed by atoms with E-state index in [1.807, 2.05) is 12.4 Å². The van der Waals surface area contributed by atoms with E-state index in [1.165, 1.54) is 11.4 Å². The summed E-state index contributed by atoms with van der Waals surface area (Å²) in [6.45, 7) is 6.15. The summed E-state index contributed by atoms with van der Waals surface area (Å²) in [5, 5.41) is 0. The molecule has 3 rings (SSSR count). The molecule has 0 fully saturated rings. The lowest BCUT2D eigenvalue weighted by Gasteiger charge is -2.27. The fraction of sp³-hybridized carbons (Fsp3) is 0.429. The van der Waals surface area contributed by atoms with E-state index in [-0.39, 0.29) is 0 Å². The summed E-state index contributed by atoms with van der Waals surface area (Å²) < 4.78 is 2.23. The lowest BCUT2D eigenvalue weighted by atomic mass is 10.2. The van der Waals surface area contributed by atoms with Crippen LogP contribution in [0.1, 0.15) is 24.0 Å². The van der Waals surface area contributed by atoms with Crippen molar-refractivity contribution in [2.24, 2.45) is 0 Å². The summed E-state index contributed by atoms with van der Waals surface area (Å²) in [6.07, 6.45) is 6.95. The maximum Gasteiger partial charge on any atom is 0.122 e. The molecule has 0 spiro atoms. The van der Waals surface area contributed by atoms with Gasteiger partial charge >= 0.3 is 0 Å². The Balaban J connectivity index is 1.67. The molecule has 94 valence electrons. The smallest absolute Gasteiger partial charge is 0.122 e. The number of imidazole rings is 1. The molecule has 0 saturated heterocycles. The fourth-order valence-electron chi connectivity index (χ4n) is 2.37. The van der Waals surface area contributed by atoms with Gasteiger partial charge in [-0.3, -0.25) is 9.88 Å². The Morgan fingerprint density at radius 1 is 1.22 bits per heavy atom. The van der Waals surface area contributed by atoms with E-state index < -0.39 is 0 Å². The standard InChI is InChI=1S/C14H18N4/c1-2-13-4-3-12(9-16-13)10-17-7-8-18-6-5-15-14(18)11-17/h3-6,9H,2,7-8,10-11H2,1H3. The Hall–Kier alpha value is -1.68. The van der Waals surface area contributed by atoms with E-state index in [2.05, 4.69) is 44.7 Å². The van der Waals surface area contributed by atoms with E-state index in [9.17, 15) is 0 Å². The molecule has 0 aromatic carbocycles. The van der Waals surface area contributed by atoms with Gasteiger partial charge in [0.05, 0.1) is 6.54 Å². The molecule has 0 atom stereocenters. The van der Waals surface area contributed by atoms with Crippen molar-refractivity contribution in [3.63, 3.8) is 0 Å². The minimum atomic E-state index is 0.933. The van der Waals surface area contributed by atoms with Crippen molar-refractivity contribution in [3.8, 4) is 0 Å². The topological polar surface area (TPSA) is 34.0 Å². The van der Waals surface area contributed by atoms with Gasteiger partial charge in [-0.2, -0.15) is 0 Å². The molecule has 0 unspecified atom stereocenters. The second-order valence-corrected chi connectivity index (χ2v) is 4.76. The number of aryl methyl sites for hydroxylation is 1. The highest BCUT2D eigenvalue weighted by molar-refractivity contribution is 5.14. The normalized spacial score (nSPS) is 15.6. The first-order chi connectivity index (χ1) is 8.85. The van der Waals surface area contributed by atoms with E-state index in [0.717, 1.165) is 38.3 Å². The molecule has 4 heteroatoms. The molecule has 1 aliphatic heterocycles. The summed E-state index contributed by atoms with van der Waals surface area (Å²) in [6, 6.07) is 4.31.